The van der Waals surface area contributed by atoms with Crippen molar-refractivity contribution >= 4 is 8.80 Å². The van der Waals surface area contributed by atoms with Crippen LogP contribution in [0.1, 0.15) is 32.6 Å². The van der Waals surface area contributed by atoms with E-state index in [9.17, 15) is 0 Å². The zero-order valence-corrected chi connectivity index (χ0v) is 13.6. The zero-order valence-electron chi connectivity index (χ0n) is 12.6. The molecule has 6 heteroatoms. The summed E-state index contributed by atoms with van der Waals surface area (Å²) in [5.74, 6) is 0.461. The average Bonchev–Trinajstić information content (AvgIpc) is 3.27. The van der Waals surface area contributed by atoms with Crippen molar-refractivity contribution in [3.05, 3.63) is 11.4 Å². The summed E-state index contributed by atoms with van der Waals surface area (Å²) < 4.78 is 22.2. The average molecular weight is 299 g/mol. The Morgan fingerprint density at radius 3 is 2.60 bits per heavy atom. The van der Waals surface area contributed by atoms with Gasteiger partial charge in [0, 0.05) is 39.2 Å². The molecule has 1 aliphatic carbocycles. The lowest BCUT2D eigenvalue weighted by Gasteiger charge is -2.26. The Morgan fingerprint density at radius 1 is 1.30 bits per heavy atom. The summed E-state index contributed by atoms with van der Waals surface area (Å²) in [5.41, 5.74) is 0. The number of fused-ring (bicyclic) bond motifs is 1. The van der Waals surface area contributed by atoms with E-state index in [0.29, 0.717) is 24.7 Å². The van der Waals surface area contributed by atoms with Gasteiger partial charge in [-0.1, -0.05) is 6.92 Å². The van der Waals surface area contributed by atoms with Crippen LogP contribution in [0.25, 0.3) is 4.85 Å². The number of rotatable bonds is 8. The Labute approximate surface area is 122 Å². The van der Waals surface area contributed by atoms with Crippen molar-refractivity contribution in [1.29, 1.82) is 0 Å². The summed E-state index contributed by atoms with van der Waals surface area (Å²) in [6, 6.07) is 0.793. The quantitative estimate of drug-likeness (QED) is 0.392. The van der Waals surface area contributed by atoms with Crippen LogP contribution < -0.4 is 0 Å². The smallest absolute Gasteiger partial charge is 0.377 e. The summed E-state index contributed by atoms with van der Waals surface area (Å²) in [6.45, 7) is 9.98. The van der Waals surface area contributed by atoms with E-state index in [4.69, 9.17) is 24.6 Å². The third kappa shape index (κ3) is 3.60. The van der Waals surface area contributed by atoms with Crippen molar-refractivity contribution in [2.45, 2.75) is 56.9 Å². The van der Waals surface area contributed by atoms with Gasteiger partial charge in [-0.25, -0.2) is 6.57 Å². The van der Waals surface area contributed by atoms with Gasteiger partial charge in [0.15, 0.2) is 0 Å². The van der Waals surface area contributed by atoms with E-state index in [0.717, 1.165) is 31.7 Å². The summed E-state index contributed by atoms with van der Waals surface area (Å²) in [4.78, 5) is 3.81. The summed E-state index contributed by atoms with van der Waals surface area (Å²) >= 11 is 0. The molecule has 2 aliphatic rings. The van der Waals surface area contributed by atoms with Crippen LogP contribution in [0.3, 0.4) is 0 Å². The first-order valence-corrected chi connectivity index (χ1v) is 9.37. The SMILES string of the molecule is [C-]#[N+]C(CCO[Si](CC)(OC)OC)C1CCC2OC2C1. The maximum atomic E-state index is 7.42. The lowest BCUT2D eigenvalue weighted by Crippen LogP contribution is -2.43. The van der Waals surface area contributed by atoms with Gasteiger partial charge in [-0.3, -0.25) is 0 Å². The molecule has 0 bridgehead atoms. The fraction of sp³-hybridized carbons (Fsp3) is 0.929. The number of hydrogen-bond acceptors (Lipinski definition) is 4. The van der Waals surface area contributed by atoms with Gasteiger partial charge in [0.25, 0.3) is 0 Å². The van der Waals surface area contributed by atoms with Crippen LogP contribution in [0.2, 0.25) is 6.04 Å². The minimum absolute atomic E-state index is 0.0393. The summed E-state index contributed by atoms with van der Waals surface area (Å²) in [6.07, 6.45) is 4.96. The first-order chi connectivity index (χ1) is 9.68. The molecule has 0 aromatic carbocycles. The van der Waals surface area contributed by atoms with E-state index in [2.05, 4.69) is 4.85 Å². The predicted octanol–water partition coefficient (Wildman–Crippen LogP) is 2.50. The van der Waals surface area contributed by atoms with E-state index in [1.54, 1.807) is 14.2 Å². The topological polar surface area (TPSA) is 44.6 Å². The molecule has 0 radical (unpaired) electrons. The van der Waals surface area contributed by atoms with Crippen LogP contribution >= 0.6 is 0 Å². The normalized spacial score (nSPS) is 30.4. The van der Waals surface area contributed by atoms with Gasteiger partial charge in [0.1, 0.15) is 0 Å². The van der Waals surface area contributed by atoms with Gasteiger partial charge >= 0.3 is 8.80 Å². The van der Waals surface area contributed by atoms with Gasteiger partial charge in [0.2, 0.25) is 6.04 Å². The number of ether oxygens (including phenoxy) is 1. The fourth-order valence-electron chi connectivity index (χ4n) is 3.12. The zero-order chi connectivity index (χ0) is 14.6. The molecule has 114 valence electrons. The molecule has 4 atom stereocenters. The molecular formula is C14H25NO4Si. The number of epoxide rings is 1. The Kier molecular flexibility index (Phi) is 5.58. The van der Waals surface area contributed by atoms with Crippen molar-refractivity contribution < 1.29 is 18.0 Å². The maximum Gasteiger partial charge on any atom is 0.500 e. The largest absolute Gasteiger partial charge is 0.500 e. The highest BCUT2D eigenvalue weighted by Gasteiger charge is 2.47. The molecule has 0 aromatic rings. The molecule has 1 saturated carbocycles. The lowest BCUT2D eigenvalue weighted by molar-refractivity contribution is 0.0949. The highest BCUT2D eigenvalue weighted by atomic mass is 28.4. The standard InChI is InChI=1S/C14H25NO4Si/c1-5-20(16-3,17-4)18-9-8-12(15-2)11-6-7-13-14(10-11)19-13/h11-14H,5-10H2,1,3-4H3. The van der Waals surface area contributed by atoms with E-state index in [1.807, 2.05) is 6.92 Å². The highest BCUT2D eigenvalue weighted by Crippen LogP contribution is 2.41. The molecule has 1 heterocycles. The number of hydrogen-bond donors (Lipinski definition) is 0. The molecule has 1 aliphatic heterocycles. The molecule has 0 amide bonds. The first-order valence-electron chi connectivity index (χ1n) is 7.44. The van der Waals surface area contributed by atoms with Crippen LogP contribution in [-0.4, -0.2) is 47.9 Å². The maximum absolute atomic E-state index is 7.42. The van der Waals surface area contributed by atoms with Gasteiger partial charge in [-0.2, -0.15) is 0 Å². The van der Waals surface area contributed by atoms with Crippen LogP contribution in [0.5, 0.6) is 0 Å². The van der Waals surface area contributed by atoms with E-state index in [1.165, 1.54) is 0 Å². The van der Waals surface area contributed by atoms with E-state index in [-0.39, 0.29) is 6.04 Å². The highest BCUT2D eigenvalue weighted by molar-refractivity contribution is 6.60. The minimum atomic E-state index is -2.48. The van der Waals surface area contributed by atoms with Crippen molar-refractivity contribution in [1.82, 2.24) is 0 Å². The second-order valence-electron chi connectivity index (χ2n) is 5.56. The Morgan fingerprint density at radius 2 is 2.05 bits per heavy atom. The Bertz CT molecular complexity index is 347. The predicted molar refractivity (Wildman–Crippen MR) is 77.2 cm³/mol. The summed E-state index contributed by atoms with van der Waals surface area (Å²) in [5, 5.41) is 0. The lowest BCUT2D eigenvalue weighted by atomic mass is 9.83. The second kappa shape index (κ2) is 7.01. The molecule has 0 spiro atoms. The first kappa shape index (κ1) is 15.9. The minimum Gasteiger partial charge on any atom is -0.377 e. The van der Waals surface area contributed by atoms with Crippen molar-refractivity contribution in [2.75, 3.05) is 20.8 Å². The van der Waals surface area contributed by atoms with Crippen molar-refractivity contribution in [3.63, 3.8) is 0 Å². The Balaban J connectivity index is 1.77. The van der Waals surface area contributed by atoms with Crippen LogP contribution in [0.4, 0.5) is 0 Å². The van der Waals surface area contributed by atoms with Crippen LogP contribution in [0.15, 0.2) is 0 Å². The van der Waals surface area contributed by atoms with Crippen molar-refractivity contribution in [2.24, 2.45) is 5.92 Å². The van der Waals surface area contributed by atoms with Crippen LogP contribution in [0, 0.1) is 12.5 Å². The molecule has 2 rings (SSSR count). The third-order valence-corrected chi connectivity index (χ3v) is 7.30. The molecule has 4 unspecified atom stereocenters. The molecule has 5 nitrogen and oxygen atoms in total. The van der Waals surface area contributed by atoms with Gasteiger partial charge in [-0.15, -0.1) is 0 Å². The number of nitrogens with zero attached hydrogens (tertiary/aromatic N) is 1. The molecule has 1 saturated heterocycles. The molecular weight excluding hydrogens is 274 g/mol. The molecule has 0 aromatic heterocycles. The monoisotopic (exact) mass is 299 g/mol. The molecule has 20 heavy (non-hydrogen) atoms. The fourth-order valence-corrected chi connectivity index (χ4v) is 4.73. The van der Waals surface area contributed by atoms with Gasteiger partial charge in [0.05, 0.1) is 12.2 Å². The third-order valence-electron chi connectivity index (χ3n) is 4.55. The molecule has 2 fully saturated rings. The summed E-state index contributed by atoms with van der Waals surface area (Å²) in [7, 11) is 0.793. The van der Waals surface area contributed by atoms with E-state index < -0.39 is 8.80 Å². The van der Waals surface area contributed by atoms with Gasteiger partial charge in [-0.05, 0) is 19.3 Å². The van der Waals surface area contributed by atoms with E-state index >= 15 is 0 Å². The second-order valence-corrected chi connectivity index (χ2v) is 8.74. The van der Waals surface area contributed by atoms with Crippen molar-refractivity contribution in [3.8, 4) is 0 Å². The van der Waals surface area contributed by atoms with Crippen LogP contribution in [-0.2, 0) is 18.0 Å². The Hall–Kier alpha value is -0.453. The van der Waals surface area contributed by atoms with Gasteiger partial charge < -0.3 is 22.9 Å². The molecule has 0 N–H and O–H groups in total.